The number of halogens is 1. The molecule has 0 saturated heterocycles. The molecule has 114 valence electrons. The Labute approximate surface area is 125 Å². The molecule has 0 spiro atoms. The van der Waals surface area contributed by atoms with Gasteiger partial charge >= 0.3 is 0 Å². The van der Waals surface area contributed by atoms with Gasteiger partial charge < -0.3 is 10.6 Å². The van der Waals surface area contributed by atoms with Crippen LogP contribution in [0.15, 0.2) is 29.2 Å². The van der Waals surface area contributed by atoms with Crippen molar-refractivity contribution in [2.24, 2.45) is 0 Å². The first-order valence-electron chi connectivity index (χ1n) is 5.89. The standard InChI is InChI=1S/C12H19N3O3S.ClH/c1-9(13-3)8-14-19(17,18)12-6-4-11(5-7-12)15-10(2)16;/h4-7,9,13-14H,8H2,1-3H3,(H,15,16);1H. The number of anilines is 1. The number of nitrogens with one attached hydrogen (secondary N) is 3. The highest BCUT2D eigenvalue weighted by Crippen LogP contribution is 2.13. The first-order chi connectivity index (χ1) is 8.85. The van der Waals surface area contributed by atoms with Crippen molar-refractivity contribution in [3.63, 3.8) is 0 Å². The van der Waals surface area contributed by atoms with E-state index >= 15 is 0 Å². The molecule has 20 heavy (non-hydrogen) atoms. The first-order valence-corrected chi connectivity index (χ1v) is 7.38. The molecule has 0 bridgehead atoms. The van der Waals surface area contributed by atoms with Crippen molar-refractivity contribution in [2.45, 2.75) is 24.8 Å². The van der Waals surface area contributed by atoms with E-state index in [-0.39, 0.29) is 29.3 Å². The van der Waals surface area contributed by atoms with Crippen LogP contribution in [0.25, 0.3) is 0 Å². The monoisotopic (exact) mass is 321 g/mol. The van der Waals surface area contributed by atoms with Crippen LogP contribution in [0, 0.1) is 0 Å². The second-order valence-electron chi connectivity index (χ2n) is 4.25. The molecule has 0 heterocycles. The highest BCUT2D eigenvalue weighted by molar-refractivity contribution is 7.89. The van der Waals surface area contributed by atoms with Gasteiger partial charge in [0.15, 0.2) is 0 Å². The molecule has 0 aliphatic heterocycles. The lowest BCUT2D eigenvalue weighted by molar-refractivity contribution is -0.114. The Morgan fingerprint density at radius 3 is 2.25 bits per heavy atom. The van der Waals surface area contributed by atoms with Gasteiger partial charge in [-0.05, 0) is 38.2 Å². The molecular formula is C12H20ClN3O3S. The average molecular weight is 322 g/mol. The predicted octanol–water partition coefficient (Wildman–Crippen LogP) is 0.953. The summed E-state index contributed by atoms with van der Waals surface area (Å²) in [6, 6.07) is 6.07. The lowest BCUT2D eigenvalue weighted by Crippen LogP contribution is -2.37. The van der Waals surface area contributed by atoms with Gasteiger partial charge in [0.2, 0.25) is 15.9 Å². The van der Waals surface area contributed by atoms with Gasteiger partial charge in [0.05, 0.1) is 4.90 Å². The van der Waals surface area contributed by atoms with Crippen LogP contribution >= 0.6 is 12.4 Å². The van der Waals surface area contributed by atoms with Crippen molar-refractivity contribution in [3.05, 3.63) is 24.3 Å². The van der Waals surface area contributed by atoms with Crippen LogP contribution in [0.1, 0.15) is 13.8 Å². The Kier molecular flexibility index (Phi) is 7.74. The molecule has 3 N–H and O–H groups in total. The molecule has 6 nitrogen and oxygen atoms in total. The zero-order valence-electron chi connectivity index (χ0n) is 11.6. The van der Waals surface area contributed by atoms with Gasteiger partial charge in [-0.25, -0.2) is 13.1 Å². The van der Waals surface area contributed by atoms with Crippen LogP contribution in [0.4, 0.5) is 5.69 Å². The lowest BCUT2D eigenvalue weighted by atomic mass is 10.3. The fourth-order valence-electron chi connectivity index (χ4n) is 1.34. The number of carbonyl (C=O) groups is 1. The van der Waals surface area contributed by atoms with E-state index in [1.165, 1.54) is 19.1 Å². The van der Waals surface area contributed by atoms with Crippen molar-refractivity contribution in [3.8, 4) is 0 Å². The Bertz CT molecular complexity index is 531. The Hall–Kier alpha value is -1.15. The maximum absolute atomic E-state index is 12.0. The summed E-state index contributed by atoms with van der Waals surface area (Å²) < 4.78 is 26.4. The van der Waals surface area contributed by atoms with Gasteiger partial charge in [0.25, 0.3) is 0 Å². The summed E-state index contributed by atoms with van der Waals surface area (Å²) in [5.41, 5.74) is 0.565. The quantitative estimate of drug-likeness (QED) is 0.728. The van der Waals surface area contributed by atoms with E-state index in [0.29, 0.717) is 12.2 Å². The second-order valence-corrected chi connectivity index (χ2v) is 6.01. The lowest BCUT2D eigenvalue weighted by Gasteiger charge is -2.12. The molecular weight excluding hydrogens is 302 g/mol. The SMILES string of the molecule is CNC(C)CNS(=O)(=O)c1ccc(NC(C)=O)cc1.Cl. The predicted molar refractivity (Wildman–Crippen MR) is 81.7 cm³/mol. The summed E-state index contributed by atoms with van der Waals surface area (Å²) in [4.78, 5) is 11.0. The molecule has 1 atom stereocenters. The smallest absolute Gasteiger partial charge is 0.240 e. The van der Waals surface area contributed by atoms with Crippen LogP contribution in [0.3, 0.4) is 0 Å². The van der Waals surface area contributed by atoms with Crippen LogP contribution in [0.5, 0.6) is 0 Å². The van der Waals surface area contributed by atoms with Gasteiger partial charge in [-0.2, -0.15) is 0 Å². The number of likely N-dealkylation sites (N-methyl/N-ethyl adjacent to an activating group) is 1. The number of hydrogen-bond acceptors (Lipinski definition) is 4. The fourth-order valence-corrected chi connectivity index (χ4v) is 2.47. The molecule has 0 fully saturated rings. The van der Waals surface area contributed by atoms with E-state index in [4.69, 9.17) is 0 Å². The summed E-state index contributed by atoms with van der Waals surface area (Å²) in [7, 11) is -1.75. The molecule has 1 amide bonds. The van der Waals surface area contributed by atoms with E-state index in [1.807, 2.05) is 6.92 Å². The number of hydrogen-bond donors (Lipinski definition) is 3. The molecule has 1 aromatic carbocycles. The number of benzene rings is 1. The summed E-state index contributed by atoms with van der Waals surface area (Å²) in [6.45, 7) is 3.58. The van der Waals surface area contributed by atoms with Crippen molar-refractivity contribution < 1.29 is 13.2 Å². The highest BCUT2D eigenvalue weighted by atomic mass is 35.5. The van der Waals surface area contributed by atoms with E-state index in [0.717, 1.165) is 0 Å². The molecule has 1 aromatic rings. The van der Waals surface area contributed by atoms with Crippen LogP contribution in [0.2, 0.25) is 0 Å². The van der Waals surface area contributed by atoms with E-state index in [1.54, 1.807) is 19.2 Å². The van der Waals surface area contributed by atoms with E-state index in [9.17, 15) is 13.2 Å². The molecule has 0 radical (unpaired) electrons. The summed E-state index contributed by atoms with van der Waals surface area (Å²) in [6.07, 6.45) is 0. The number of carbonyl (C=O) groups excluding carboxylic acids is 1. The van der Waals surface area contributed by atoms with Crippen LogP contribution in [-0.2, 0) is 14.8 Å². The zero-order chi connectivity index (χ0) is 14.5. The normalized spacial score (nSPS) is 12.3. The maximum Gasteiger partial charge on any atom is 0.240 e. The van der Waals surface area contributed by atoms with Crippen LogP contribution in [-0.4, -0.2) is 34.0 Å². The van der Waals surface area contributed by atoms with Gasteiger partial charge in [-0.1, -0.05) is 0 Å². The number of rotatable bonds is 6. The molecule has 8 heteroatoms. The third-order valence-corrected chi connectivity index (χ3v) is 4.00. The van der Waals surface area contributed by atoms with Gasteiger partial charge in [-0.3, -0.25) is 4.79 Å². The minimum absolute atomic E-state index is 0. The van der Waals surface area contributed by atoms with Gasteiger partial charge in [0.1, 0.15) is 0 Å². The molecule has 0 aliphatic carbocycles. The van der Waals surface area contributed by atoms with Crippen LogP contribution < -0.4 is 15.4 Å². The number of amides is 1. The highest BCUT2D eigenvalue weighted by Gasteiger charge is 2.14. The molecule has 0 aromatic heterocycles. The first kappa shape index (κ1) is 18.9. The van der Waals surface area contributed by atoms with Crippen molar-refractivity contribution in [1.29, 1.82) is 0 Å². The maximum atomic E-state index is 12.0. The van der Waals surface area contributed by atoms with Crippen molar-refractivity contribution in [1.82, 2.24) is 10.0 Å². The second kappa shape index (κ2) is 8.21. The molecule has 0 aliphatic rings. The third-order valence-electron chi connectivity index (χ3n) is 2.56. The fraction of sp³-hybridized carbons (Fsp3) is 0.417. The third kappa shape index (κ3) is 5.87. The van der Waals surface area contributed by atoms with Crippen molar-refractivity contribution >= 4 is 34.0 Å². The van der Waals surface area contributed by atoms with E-state index in [2.05, 4.69) is 15.4 Å². The van der Waals surface area contributed by atoms with E-state index < -0.39 is 10.0 Å². The summed E-state index contributed by atoms with van der Waals surface area (Å²) in [5, 5.41) is 5.52. The molecule has 1 rings (SSSR count). The Morgan fingerprint density at radius 2 is 1.80 bits per heavy atom. The number of sulfonamides is 1. The van der Waals surface area contributed by atoms with Gasteiger partial charge in [0, 0.05) is 25.2 Å². The topological polar surface area (TPSA) is 87.3 Å². The Morgan fingerprint density at radius 1 is 1.25 bits per heavy atom. The molecule has 1 unspecified atom stereocenters. The summed E-state index contributed by atoms with van der Waals surface area (Å²) >= 11 is 0. The largest absolute Gasteiger partial charge is 0.326 e. The minimum Gasteiger partial charge on any atom is -0.326 e. The van der Waals surface area contributed by atoms with Gasteiger partial charge in [-0.15, -0.1) is 12.4 Å². The summed E-state index contributed by atoms with van der Waals surface area (Å²) in [5.74, 6) is -0.198. The zero-order valence-corrected chi connectivity index (χ0v) is 13.3. The molecule has 0 saturated carbocycles. The Balaban J connectivity index is 0.00000361. The minimum atomic E-state index is -3.51. The van der Waals surface area contributed by atoms with Crippen molar-refractivity contribution in [2.75, 3.05) is 18.9 Å². The average Bonchev–Trinajstić information content (AvgIpc) is 2.36.